The van der Waals surface area contributed by atoms with E-state index >= 15 is 0 Å². The van der Waals surface area contributed by atoms with Gasteiger partial charge in [-0.2, -0.15) is 0 Å². The van der Waals surface area contributed by atoms with E-state index in [1.54, 1.807) is 54.7 Å². The minimum absolute atomic E-state index is 0.0214. The highest BCUT2D eigenvalue weighted by atomic mass is 16.5. The van der Waals surface area contributed by atoms with Gasteiger partial charge in [0.25, 0.3) is 5.91 Å². The van der Waals surface area contributed by atoms with Gasteiger partial charge in [0, 0.05) is 18.3 Å². The van der Waals surface area contributed by atoms with Crippen molar-refractivity contribution in [1.82, 2.24) is 9.97 Å². The molecule has 7 nitrogen and oxygen atoms in total. The van der Waals surface area contributed by atoms with Crippen LogP contribution in [-0.2, 0) is 4.79 Å². The van der Waals surface area contributed by atoms with Crippen LogP contribution in [0.15, 0.2) is 42.7 Å². The quantitative estimate of drug-likeness (QED) is 0.753. The number of nitrogens with one attached hydrogen (secondary N) is 2. The second-order valence-corrected chi connectivity index (χ2v) is 5.82. The molecule has 0 unspecified atom stereocenters. The standard InChI is InChI=1S/C18H16N4O3/c1-22-15-9-12(3-5-16(15)25-7-6-17(22)23)21-18(24)11-2-4-13-14(8-11)20-10-19-13/h2-5,8-10H,6-7H2,1H3,(H,19,20)(H,21,24). The molecule has 2 N–H and O–H groups in total. The number of rotatable bonds is 2. The first-order valence-electron chi connectivity index (χ1n) is 7.90. The fourth-order valence-corrected chi connectivity index (χ4v) is 2.81. The predicted octanol–water partition coefficient (Wildman–Crippen LogP) is 2.56. The summed E-state index contributed by atoms with van der Waals surface area (Å²) in [4.78, 5) is 33.2. The van der Waals surface area contributed by atoms with Gasteiger partial charge in [-0.05, 0) is 36.4 Å². The Balaban J connectivity index is 1.61. The van der Waals surface area contributed by atoms with Gasteiger partial charge in [-0.25, -0.2) is 4.98 Å². The number of imidazole rings is 1. The van der Waals surface area contributed by atoms with Crippen LogP contribution in [0.1, 0.15) is 16.8 Å². The summed E-state index contributed by atoms with van der Waals surface area (Å²) in [5, 5.41) is 2.85. The zero-order valence-corrected chi connectivity index (χ0v) is 13.6. The number of carbonyl (C=O) groups is 2. The van der Waals surface area contributed by atoms with E-state index in [2.05, 4.69) is 15.3 Å². The summed E-state index contributed by atoms with van der Waals surface area (Å²) in [6.07, 6.45) is 1.92. The molecule has 0 spiro atoms. The number of hydrogen-bond donors (Lipinski definition) is 2. The number of H-pyrrole nitrogens is 1. The number of aromatic amines is 1. The molecule has 0 aliphatic carbocycles. The fraction of sp³-hybridized carbons (Fsp3) is 0.167. The summed E-state index contributed by atoms with van der Waals surface area (Å²) in [7, 11) is 1.70. The Morgan fingerprint density at radius 1 is 1.28 bits per heavy atom. The van der Waals surface area contributed by atoms with Gasteiger partial charge in [-0.1, -0.05) is 0 Å². The number of ether oxygens (including phenoxy) is 1. The molecule has 0 radical (unpaired) electrons. The lowest BCUT2D eigenvalue weighted by Crippen LogP contribution is -2.25. The summed E-state index contributed by atoms with van der Waals surface area (Å²) < 4.78 is 5.59. The Morgan fingerprint density at radius 2 is 2.16 bits per heavy atom. The number of aromatic nitrogens is 2. The van der Waals surface area contributed by atoms with E-state index in [4.69, 9.17) is 4.74 Å². The topological polar surface area (TPSA) is 87.3 Å². The maximum Gasteiger partial charge on any atom is 0.255 e. The number of fused-ring (bicyclic) bond motifs is 2. The van der Waals surface area contributed by atoms with E-state index in [-0.39, 0.29) is 11.8 Å². The van der Waals surface area contributed by atoms with Crippen LogP contribution < -0.4 is 15.0 Å². The van der Waals surface area contributed by atoms with E-state index in [9.17, 15) is 9.59 Å². The fourth-order valence-electron chi connectivity index (χ4n) is 2.81. The summed E-state index contributed by atoms with van der Waals surface area (Å²) in [5.41, 5.74) is 3.36. The highest BCUT2D eigenvalue weighted by Crippen LogP contribution is 2.33. The number of anilines is 2. The number of amides is 2. The first-order chi connectivity index (χ1) is 12.1. The van der Waals surface area contributed by atoms with Gasteiger partial charge in [0.15, 0.2) is 0 Å². The maximum atomic E-state index is 12.5. The number of carbonyl (C=O) groups excluding carboxylic acids is 2. The summed E-state index contributed by atoms with van der Waals surface area (Å²) in [6.45, 7) is 0.353. The van der Waals surface area contributed by atoms with Crippen molar-refractivity contribution < 1.29 is 14.3 Å². The van der Waals surface area contributed by atoms with Crippen LogP contribution in [0.3, 0.4) is 0 Å². The smallest absolute Gasteiger partial charge is 0.255 e. The van der Waals surface area contributed by atoms with E-state index in [1.807, 2.05) is 0 Å². The summed E-state index contributed by atoms with van der Waals surface area (Å²) in [6, 6.07) is 10.5. The SMILES string of the molecule is CN1C(=O)CCOc2ccc(NC(=O)c3ccc4nc[nH]c4c3)cc21. The van der Waals surface area contributed by atoms with Crippen molar-refractivity contribution in [2.75, 3.05) is 23.9 Å². The maximum absolute atomic E-state index is 12.5. The minimum atomic E-state index is -0.236. The van der Waals surface area contributed by atoms with Gasteiger partial charge in [0.1, 0.15) is 5.75 Å². The molecule has 0 saturated heterocycles. The second-order valence-electron chi connectivity index (χ2n) is 5.82. The van der Waals surface area contributed by atoms with Crippen molar-refractivity contribution in [3.63, 3.8) is 0 Å². The largest absolute Gasteiger partial charge is 0.491 e. The molecule has 0 fully saturated rings. The van der Waals surface area contributed by atoms with Crippen LogP contribution in [0.2, 0.25) is 0 Å². The van der Waals surface area contributed by atoms with Gasteiger partial charge in [-0.3, -0.25) is 9.59 Å². The number of hydrogen-bond acceptors (Lipinski definition) is 4. The molecular weight excluding hydrogens is 320 g/mol. The lowest BCUT2D eigenvalue weighted by molar-refractivity contribution is -0.118. The molecule has 1 aliphatic heterocycles. The van der Waals surface area contributed by atoms with Crippen molar-refractivity contribution in [3.8, 4) is 5.75 Å². The molecule has 2 aromatic carbocycles. The van der Waals surface area contributed by atoms with E-state index in [0.717, 1.165) is 11.0 Å². The Bertz CT molecular complexity index is 979. The molecule has 1 aromatic heterocycles. The Hall–Kier alpha value is -3.35. The monoisotopic (exact) mass is 336 g/mol. The molecule has 7 heteroatoms. The molecule has 2 amide bonds. The van der Waals surface area contributed by atoms with E-state index < -0.39 is 0 Å². The molecular formula is C18H16N4O3. The lowest BCUT2D eigenvalue weighted by atomic mass is 10.1. The molecule has 0 saturated carbocycles. The molecule has 25 heavy (non-hydrogen) atoms. The average Bonchev–Trinajstić information content (AvgIpc) is 3.04. The Labute approximate surface area is 143 Å². The van der Waals surface area contributed by atoms with Crippen molar-refractivity contribution in [3.05, 3.63) is 48.3 Å². The Kier molecular flexibility index (Phi) is 3.61. The zero-order chi connectivity index (χ0) is 17.4. The lowest BCUT2D eigenvalue weighted by Gasteiger charge is -2.17. The van der Waals surface area contributed by atoms with Gasteiger partial charge < -0.3 is 19.9 Å². The summed E-state index contributed by atoms with van der Waals surface area (Å²) >= 11 is 0. The third-order valence-electron chi connectivity index (χ3n) is 4.21. The molecule has 126 valence electrons. The minimum Gasteiger partial charge on any atom is -0.491 e. The van der Waals surface area contributed by atoms with Crippen LogP contribution in [0.25, 0.3) is 11.0 Å². The molecule has 1 aliphatic rings. The number of benzene rings is 2. The highest BCUT2D eigenvalue weighted by Gasteiger charge is 2.20. The molecule has 0 bridgehead atoms. The van der Waals surface area contributed by atoms with E-state index in [0.29, 0.717) is 35.7 Å². The van der Waals surface area contributed by atoms with Gasteiger partial charge in [0.05, 0.1) is 36.1 Å². The molecule has 0 atom stereocenters. The van der Waals surface area contributed by atoms with Crippen molar-refractivity contribution >= 4 is 34.2 Å². The Morgan fingerprint density at radius 3 is 3.04 bits per heavy atom. The summed E-state index contributed by atoms with van der Waals surface area (Å²) in [5.74, 6) is 0.372. The predicted molar refractivity (Wildman–Crippen MR) is 94.0 cm³/mol. The first kappa shape index (κ1) is 15.2. The van der Waals surface area contributed by atoms with Crippen LogP contribution >= 0.6 is 0 Å². The number of nitrogens with zero attached hydrogens (tertiary/aromatic N) is 2. The van der Waals surface area contributed by atoms with Crippen molar-refractivity contribution in [2.45, 2.75) is 6.42 Å². The van der Waals surface area contributed by atoms with Crippen LogP contribution in [0.5, 0.6) is 5.75 Å². The zero-order valence-electron chi connectivity index (χ0n) is 13.6. The van der Waals surface area contributed by atoms with Crippen molar-refractivity contribution in [1.29, 1.82) is 0 Å². The van der Waals surface area contributed by atoms with Gasteiger partial charge >= 0.3 is 0 Å². The van der Waals surface area contributed by atoms with Gasteiger partial charge in [-0.15, -0.1) is 0 Å². The van der Waals surface area contributed by atoms with Crippen LogP contribution in [-0.4, -0.2) is 35.4 Å². The molecule has 3 aromatic rings. The normalized spacial score (nSPS) is 14.0. The molecule has 2 heterocycles. The molecule has 4 rings (SSSR count). The van der Waals surface area contributed by atoms with E-state index in [1.165, 1.54) is 0 Å². The van der Waals surface area contributed by atoms with Crippen molar-refractivity contribution in [2.24, 2.45) is 0 Å². The van der Waals surface area contributed by atoms with Gasteiger partial charge in [0.2, 0.25) is 5.91 Å². The second kappa shape index (κ2) is 5.94. The van der Waals surface area contributed by atoms with Crippen LogP contribution in [0, 0.1) is 0 Å². The third kappa shape index (κ3) is 2.80. The first-order valence-corrected chi connectivity index (χ1v) is 7.90. The van der Waals surface area contributed by atoms with Crippen LogP contribution in [0.4, 0.5) is 11.4 Å². The average molecular weight is 336 g/mol. The highest BCUT2D eigenvalue weighted by molar-refractivity contribution is 6.06. The third-order valence-corrected chi connectivity index (χ3v) is 4.21.